The van der Waals surface area contributed by atoms with Gasteiger partial charge >= 0.3 is 139 Å². The van der Waals surface area contributed by atoms with Crippen LogP contribution >= 0.6 is 23.5 Å². The number of phosphoric acid groups is 3. The van der Waals surface area contributed by atoms with Gasteiger partial charge in [0.1, 0.15) is 0 Å². The molecule has 2 unspecified atom stereocenters. The van der Waals surface area contributed by atoms with E-state index in [0.717, 1.165) is 15.2 Å². The third-order valence-electron chi connectivity index (χ3n) is 2.50. The molecule has 13 nitrogen and oxygen atoms in total. The third-order valence-corrected chi connectivity index (χ3v) is 6.30. The van der Waals surface area contributed by atoms with E-state index in [1.54, 1.807) is 6.92 Å². The molecule has 1 saturated heterocycles. The van der Waals surface area contributed by atoms with Crippen molar-refractivity contribution in [2.75, 3.05) is 6.61 Å². The van der Waals surface area contributed by atoms with Gasteiger partial charge in [0.25, 0.3) is 0 Å². The fourth-order valence-corrected chi connectivity index (χ4v) is 4.82. The molecule has 0 amide bonds. The molecule has 18 heteroatoms. The Morgan fingerprint density at radius 3 is 2.54 bits per heavy atom. The zero-order chi connectivity index (χ0) is 19.3. The molecule has 0 spiro atoms. The van der Waals surface area contributed by atoms with Crippen LogP contribution in [0.2, 0.25) is 0 Å². The van der Waals surface area contributed by atoms with Gasteiger partial charge in [0, 0.05) is 0 Å². The number of nitrogens with zero attached hydrogens (tertiary/aromatic N) is 1. The zero-order valence-electron chi connectivity index (χ0n) is 13.1. The van der Waals surface area contributed by atoms with E-state index in [9.17, 15) is 18.6 Å². The molecule has 1 aliphatic rings. The summed E-state index contributed by atoms with van der Waals surface area (Å²) in [4.78, 5) is 38.6. The van der Waals surface area contributed by atoms with Gasteiger partial charge in [0.05, 0.1) is 0 Å². The summed E-state index contributed by atoms with van der Waals surface area (Å²) in [5.74, 6) is 0. The normalized spacial score (nSPS) is 30.2. The quantitative estimate of drug-likeness (QED) is 0.268. The van der Waals surface area contributed by atoms with Crippen LogP contribution in [-0.2, 0) is 36.2 Å². The molecule has 1 fully saturated rings. The van der Waals surface area contributed by atoms with Gasteiger partial charge in [-0.2, -0.15) is 0 Å². The second kappa shape index (κ2) is 8.66. The summed E-state index contributed by atoms with van der Waals surface area (Å²) in [6.07, 6.45) is -1.45. The average molecular weight is 409 g/mol. The monoisotopic (exact) mass is 409 g/mol. The van der Waals surface area contributed by atoms with Crippen LogP contribution in [0.1, 0.15) is 13.3 Å². The number of hydrogen-bond donors (Lipinski definition) is 4. The fraction of sp³-hybridized carbons (Fsp3) is 1.00. The van der Waals surface area contributed by atoms with E-state index in [-0.39, 0.29) is 6.10 Å². The molecule has 0 bridgehead atoms. The summed E-state index contributed by atoms with van der Waals surface area (Å²) in [7, 11) is -14.5. The molecule has 1 aliphatic heterocycles. The van der Waals surface area contributed by atoms with Crippen molar-refractivity contribution in [2.24, 2.45) is 4.81 Å². The van der Waals surface area contributed by atoms with Crippen LogP contribution in [0, 0.1) is 0 Å². The predicted molar refractivity (Wildman–Crippen MR) is 79.0 cm³/mol. The van der Waals surface area contributed by atoms with Gasteiger partial charge in [0.2, 0.25) is 0 Å². The second-order valence-corrected chi connectivity index (χ2v) is 8.96. The van der Waals surface area contributed by atoms with E-state index in [2.05, 4.69) is 18.0 Å². The first-order chi connectivity index (χ1) is 11.3. The summed E-state index contributed by atoms with van der Waals surface area (Å²) in [6.45, 7) is 1.08. The van der Waals surface area contributed by atoms with E-state index >= 15 is 0 Å². The van der Waals surface area contributed by atoms with Crippen LogP contribution in [-0.4, -0.2) is 61.0 Å². The van der Waals surface area contributed by atoms with Crippen LogP contribution in [0.4, 0.5) is 0 Å². The van der Waals surface area contributed by atoms with E-state index < -0.39 is 42.3 Å². The standard InChI is InChI=1S/C6H15B2NO12P3/c1-4-2-5(19-8-9-7)6(18-4)3-17-23(13,14)21-24(15,16)20-22(10,11)12/h4-7H,2-3H2,1H3,(H,13,14)(H,15,16)(H2,10,11,12)/t4-,5+,6+/m0/s1/i7D. The maximum absolute atomic E-state index is 11.6. The molecule has 137 valence electrons. The van der Waals surface area contributed by atoms with Crippen molar-refractivity contribution in [1.82, 2.24) is 0 Å². The first kappa shape index (κ1) is 20.4. The molecule has 4 N–H and O–H groups in total. The Morgan fingerprint density at radius 2 is 1.96 bits per heavy atom. The van der Waals surface area contributed by atoms with Crippen molar-refractivity contribution >= 4 is 38.7 Å². The minimum atomic E-state index is -5.57. The Kier molecular flexibility index (Phi) is 7.36. The summed E-state index contributed by atoms with van der Waals surface area (Å²) in [6, 6.07) is 0. The van der Waals surface area contributed by atoms with Crippen LogP contribution in [0.25, 0.3) is 0 Å². The first-order valence-corrected chi connectivity index (χ1v) is 10.7. The third kappa shape index (κ3) is 8.46. The van der Waals surface area contributed by atoms with Gasteiger partial charge in [-0.3, -0.25) is 0 Å². The van der Waals surface area contributed by atoms with Crippen LogP contribution in [0.5, 0.6) is 0 Å². The molecule has 0 aromatic heterocycles. The van der Waals surface area contributed by atoms with Gasteiger partial charge < -0.3 is 0 Å². The SMILES string of the molecule is [2H][B]N=BO[C@@H]1C[C@H](C)O[C@@H]1COP(=O)(O)OP(=O)(O)OP(=O)(O)O. The van der Waals surface area contributed by atoms with Gasteiger partial charge in [-0.15, -0.1) is 0 Å². The van der Waals surface area contributed by atoms with E-state index in [0.29, 0.717) is 6.42 Å². The van der Waals surface area contributed by atoms with Crippen LogP contribution in [0.3, 0.4) is 0 Å². The van der Waals surface area contributed by atoms with Gasteiger partial charge in [0.15, 0.2) is 0 Å². The molecule has 0 saturated carbocycles. The molecule has 5 atom stereocenters. The van der Waals surface area contributed by atoms with Crippen molar-refractivity contribution in [3.63, 3.8) is 0 Å². The van der Waals surface area contributed by atoms with Crippen LogP contribution < -0.4 is 0 Å². The number of ether oxygens (including phenoxy) is 1. The Labute approximate surface area is 139 Å². The Bertz CT molecular complexity index is 616. The minimum absolute atomic E-state index is 0.298. The van der Waals surface area contributed by atoms with Gasteiger partial charge in [-0.05, 0) is 0 Å². The molecule has 0 aliphatic carbocycles. The molecule has 1 heterocycles. The van der Waals surface area contributed by atoms with E-state index in [1.165, 1.54) is 0 Å². The molecular weight excluding hydrogens is 393 g/mol. The fourth-order valence-electron chi connectivity index (χ4n) is 1.79. The first-order valence-electron chi connectivity index (χ1n) is 6.72. The van der Waals surface area contributed by atoms with Crippen molar-refractivity contribution in [3.05, 3.63) is 0 Å². The number of hydrogen-bond acceptors (Lipinski definition) is 9. The molecule has 0 aromatic carbocycles. The summed E-state index contributed by atoms with van der Waals surface area (Å²) >= 11 is 0. The molecule has 24 heavy (non-hydrogen) atoms. The molecule has 0 aromatic rings. The average Bonchev–Trinajstić information content (AvgIpc) is 2.73. The summed E-state index contributed by atoms with van der Waals surface area (Å²) in [5.41, 5.74) is 0. The Hall–Kier alpha value is 0.0999. The summed E-state index contributed by atoms with van der Waals surface area (Å²) in [5, 5.41) is 0. The number of rotatable bonds is 10. The Balaban J connectivity index is 2.61. The Morgan fingerprint density at radius 1 is 1.29 bits per heavy atom. The zero-order valence-corrected chi connectivity index (χ0v) is 14.8. The second-order valence-electron chi connectivity index (χ2n) is 4.54. The van der Waals surface area contributed by atoms with Crippen molar-refractivity contribution in [2.45, 2.75) is 31.7 Å². The van der Waals surface area contributed by atoms with Gasteiger partial charge in [-0.1, -0.05) is 0 Å². The topological polar surface area (TPSA) is 191 Å². The van der Waals surface area contributed by atoms with Gasteiger partial charge in [-0.25, -0.2) is 0 Å². The van der Waals surface area contributed by atoms with E-state index in [4.69, 9.17) is 25.4 Å². The van der Waals surface area contributed by atoms with Crippen molar-refractivity contribution < 1.29 is 55.8 Å². The summed E-state index contributed by atoms with van der Waals surface area (Å²) < 4.78 is 62.2. The van der Waals surface area contributed by atoms with Crippen molar-refractivity contribution in [1.29, 1.82) is 1.34 Å². The number of phosphoric ester groups is 1. The molecule has 1 rings (SSSR count). The molecule has 1 radical (unpaired) electrons. The van der Waals surface area contributed by atoms with Crippen LogP contribution in [0.15, 0.2) is 4.81 Å². The molecular formula is C6H15B2NO12P3. The van der Waals surface area contributed by atoms with Crippen molar-refractivity contribution in [3.8, 4) is 0 Å². The maximum atomic E-state index is 11.6. The predicted octanol–water partition coefficient (Wildman–Crippen LogP) is -0.489. The van der Waals surface area contributed by atoms with E-state index in [1.807, 2.05) is 0 Å².